The Morgan fingerprint density at radius 1 is 0.867 bits per heavy atom. The van der Waals surface area contributed by atoms with Crippen LogP contribution in [0.1, 0.15) is 66.2 Å². The van der Waals surface area contributed by atoms with E-state index in [0.29, 0.717) is 28.9 Å². The quantitative estimate of drug-likeness (QED) is 0.267. The Balaban J connectivity index is 0. The van der Waals surface area contributed by atoms with E-state index in [0.717, 1.165) is 5.57 Å². The predicted molar refractivity (Wildman–Crippen MR) is 144 cm³/mol. The van der Waals surface area contributed by atoms with Gasteiger partial charge in [0.05, 0.1) is 0 Å². The van der Waals surface area contributed by atoms with Crippen LogP contribution in [0.4, 0.5) is 0 Å². The Labute approximate surface area is 201 Å². The normalized spacial score (nSPS) is 14.3. The van der Waals surface area contributed by atoms with Crippen molar-refractivity contribution >= 4 is 49.1 Å². The number of carbonyl (C=O) groups is 1. The summed E-state index contributed by atoms with van der Waals surface area (Å²) in [5.74, 6) is 1.01. The van der Waals surface area contributed by atoms with Crippen LogP contribution in [0.2, 0.25) is 0 Å². The highest BCUT2D eigenvalue weighted by Crippen LogP contribution is 2.41. The lowest BCUT2D eigenvalue weighted by Gasteiger charge is -2.18. The van der Waals surface area contributed by atoms with Crippen molar-refractivity contribution < 1.29 is 9.53 Å². The van der Waals surface area contributed by atoms with Gasteiger partial charge in [0, 0.05) is 29.0 Å². The number of esters is 1. The maximum absolute atomic E-state index is 10.9. The van der Waals surface area contributed by atoms with Gasteiger partial charge in [-0.3, -0.25) is 4.98 Å². The summed E-state index contributed by atoms with van der Waals surface area (Å²) in [6.07, 6.45) is 9.55. The molecule has 2 atom stereocenters. The Kier molecular flexibility index (Phi) is 22.0. The third kappa shape index (κ3) is 13.2. The van der Waals surface area contributed by atoms with Gasteiger partial charge < -0.3 is 4.74 Å². The van der Waals surface area contributed by atoms with E-state index < -0.39 is 0 Å². The van der Waals surface area contributed by atoms with Crippen LogP contribution in [0.3, 0.4) is 0 Å². The van der Waals surface area contributed by atoms with E-state index in [9.17, 15) is 4.79 Å². The molecule has 2 unspecified atom stereocenters. The first-order chi connectivity index (χ1) is 14.4. The highest BCUT2D eigenvalue weighted by atomic mass is 33.1. The average molecular weight is 492 g/mol. The third-order valence-electron chi connectivity index (χ3n) is 3.70. The molecule has 0 saturated heterocycles. The fourth-order valence-corrected chi connectivity index (χ4v) is 7.14. The number of hydrogen-bond acceptors (Lipinski definition) is 7. The lowest BCUT2D eigenvalue weighted by atomic mass is 10.0. The number of carbonyl (C=O) groups excluding carboxylic acids is 1. The molecule has 174 valence electrons. The van der Waals surface area contributed by atoms with Gasteiger partial charge in [0.2, 0.25) is 0 Å². The lowest BCUT2D eigenvalue weighted by Crippen LogP contribution is -2.14. The molecule has 1 aromatic rings. The minimum Gasteiger partial charge on any atom is -0.458 e. The second kappa shape index (κ2) is 20.7. The topological polar surface area (TPSA) is 39.2 Å². The molecular weight excluding hydrogens is 451 g/mol. The molecule has 2 heterocycles. The van der Waals surface area contributed by atoms with Crippen molar-refractivity contribution in [1.29, 1.82) is 0 Å². The number of pyridine rings is 1. The summed E-state index contributed by atoms with van der Waals surface area (Å²) >= 11 is 0. The molecule has 30 heavy (non-hydrogen) atoms. The summed E-state index contributed by atoms with van der Waals surface area (Å²) in [6.45, 7) is 17.3. The molecule has 1 aliphatic rings. The van der Waals surface area contributed by atoms with Crippen LogP contribution in [0.15, 0.2) is 36.2 Å². The van der Waals surface area contributed by atoms with Crippen LogP contribution < -0.4 is 0 Å². The number of hydrogen-bond donors (Lipinski definition) is 0. The van der Waals surface area contributed by atoms with Crippen LogP contribution in [0.5, 0.6) is 0 Å². The largest absolute Gasteiger partial charge is 0.458 e. The summed E-state index contributed by atoms with van der Waals surface area (Å²) in [5.41, 5.74) is 2.50. The molecular formula is C23H41NO2S4. The zero-order chi connectivity index (χ0) is 23.5. The van der Waals surface area contributed by atoms with Crippen LogP contribution in [-0.2, 0) is 9.53 Å². The smallest absolute Gasteiger partial charge is 0.331 e. The first kappa shape index (κ1) is 31.9. The minimum absolute atomic E-state index is 0.192. The number of aromatic nitrogens is 1. The van der Waals surface area contributed by atoms with Gasteiger partial charge in [-0.2, -0.15) is 0 Å². The monoisotopic (exact) mass is 491 g/mol. The summed E-state index contributed by atoms with van der Waals surface area (Å²) in [6, 6.07) is 4.21. The van der Waals surface area contributed by atoms with Gasteiger partial charge in [-0.15, -0.1) is 0 Å². The maximum atomic E-state index is 10.9. The number of cyclic esters (lactones) is 1. The van der Waals surface area contributed by atoms with Crippen LogP contribution in [0, 0.1) is 11.8 Å². The fraction of sp³-hybridized carbons (Fsp3) is 0.652. The van der Waals surface area contributed by atoms with Gasteiger partial charge in [0.25, 0.3) is 0 Å². The maximum Gasteiger partial charge on any atom is 0.331 e. The zero-order valence-corrected chi connectivity index (χ0v) is 23.6. The van der Waals surface area contributed by atoms with Crippen molar-refractivity contribution in [3.05, 3.63) is 41.7 Å². The summed E-state index contributed by atoms with van der Waals surface area (Å²) in [7, 11) is 7.29. The molecule has 1 aliphatic heterocycles. The zero-order valence-electron chi connectivity index (χ0n) is 20.3. The first-order valence-electron chi connectivity index (χ1n) is 10.6. The molecule has 0 saturated carbocycles. The number of ether oxygens (including phenoxy) is 1. The van der Waals surface area contributed by atoms with Crippen molar-refractivity contribution in [3.63, 3.8) is 0 Å². The molecule has 1 aromatic heterocycles. The van der Waals surface area contributed by atoms with E-state index in [1.807, 2.05) is 61.7 Å². The van der Waals surface area contributed by atoms with Gasteiger partial charge in [-0.25, -0.2) is 4.79 Å². The third-order valence-corrected chi connectivity index (χ3v) is 8.56. The molecule has 2 rings (SSSR count). The fourth-order valence-electron chi connectivity index (χ4n) is 2.47. The van der Waals surface area contributed by atoms with Crippen molar-refractivity contribution in [2.45, 2.75) is 65.9 Å². The van der Waals surface area contributed by atoms with Crippen molar-refractivity contribution in [3.8, 4) is 0 Å². The molecule has 0 N–H and O–H groups in total. The van der Waals surface area contributed by atoms with Gasteiger partial charge in [-0.1, -0.05) is 98.6 Å². The van der Waals surface area contributed by atoms with E-state index in [4.69, 9.17) is 4.74 Å². The van der Waals surface area contributed by atoms with Gasteiger partial charge in [0.15, 0.2) is 0 Å². The Bertz CT molecular complexity index is 566. The second-order valence-corrected chi connectivity index (χ2v) is 11.7. The summed E-state index contributed by atoms with van der Waals surface area (Å²) in [4.78, 5) is 14.9. The standard InChI is InChI=1S/C10H15NS2.C9H14O2S2.2C2H6/c1-8(2)10(13-12-3)9-4-6-11-7-5-9;1-6(2)9(13-12-3)7-4-8(10)11-5-7;2*1-2/h4-8,10H,1-3H3;4,6,9H,5H2,1-3H3;2*1-2H3. The molecule has 0 aliphatic carbocycles. The Morgan fingerprint density at radius 3 is 1.70 bits per heavy atom. The van der Waals surface area contributed by atoms with E-state index >= 15 is 0 Å². The Morgan fingerprint density at radius 2 is 1.33 bits per heavy atom. The highest BCUT2D eigenvalue weighted by molar-refractivity contribution is 8.77. The average Bonchev–Trinajstić information content (AvgIpc) is 3.19. The van der Waals surface area contributed by atoms with Gasteiger partial charge in [-0.05, 0) is 47.6 Å². The number of nitrogens with zero attached hydrogens (tertiary/aromatic N) is 1. The molecule has 7 heteroatoms. The molecule has 0 spiro atoms. The molecule has 0 bridgehead atoms. The Hall–Kier alpha value is -0.240. The lowest BCUT2D eigenvalue weighted by molar-refractivity contribution is -0.134. The minimum atomic E-state index is -0.192. The van der Waals surface area contributed by atoms with Crippen LogP contribution >= 0.6 is 43.2 Å². The SMILES string of the molecule is CC.CC.CSSC(C1=CC(=O)OC1)C(C)C.CSSC(c1ccncc1)C(C)C. The molecule has 0 radical (unpaired) electrons. The first-order valence-corrected chi connectivity index (χ1v) is 15.8. The second-order valence-electron chi connectivity index (χ2n) is 6.46. The van der Waals surface area contributed by atoms with Gasteiger partial charge in [0.1, 0.15) is 6.61 Å². The van der Waals surface area contributed by atoms with Crippen LogP contribution in [-0.4, -0.2) is 35.3 Å². The van der Waals surface area contributed by atoms with E-state index in [2.05, 4.69) is 57.3 Å². The van der Waals surface area contributed by atoms with Crippen molar-refractivity contribution in [1.82, 2.24) is 4.98 Å². The molecule has 3 nitrogen and oxygen atoms in total. The van der Waals surface area contributed by atoms with Gasteiger partial charge >= 0.3 is 5.97 Å². The molecule has 0 amide bonds. The van der Waals surface area contributed by atoms with Crippen molar-refractivity contribution in [2.24, 2.45) is 11.8 Å². The summed E-state index contributed by atoms with van der Waals surface area (Å²) in [5, 5.41) is 0.986. The van der Waals surface area contributed by atoms with Crippen molar-refractivity contribution in [2.75, 3.05) is 19.1 Å². The van der Waals surface area contributed by atoms with E-state index in [1.165, 1.54) is 5.56 Å². The highest BCUT2D eigenvalue weighted by Gasteiger charge is 2.24. The number of rotatable bonds is 8. The summed E-state index contributed by atoms with van der Waals surface area (Å²) < 4.78 is 4.89. The predicted octanol–water partition coefficient (Wildman–Crippen LogP) is 8.35. The van der Waals surface area contributed by atoms with E-state index in [-0.39, 0.29) is 5.97 Å². The van der Waals surface area contributed by atoms with Crippen LogP contribution in [0.25, 0.3) is 0 Å². The van der Waals surface area contributed by atoms with E-state index in [1.54, 1.807) is 27.7 Å². The molecule has 0 fully saturated rings. The molecule has 0 aromatic carbocycles.